The van der Waals surface area contributed by atoms with Crippen LogP contribution in [0.2, 0.25) is 0 Å². The highest BCUT2D eigenvalue weighted by molar-refractivity contribution is 6.15. The van der Waals surface area contributed by atoms with Gasteiger partial charge in [-0.2, -0.15) is 0 Å². The van der Waals surface area contributed by atoms with Crippen molar-refractivity contribution in [1.82, 2.24) is 9.80 Å². The molecule has 0 aromatic heterocycles. The lowest BCUT2D eigenvalue weighted by molar-refractivity contribution is -0.172. The SMILES string of the molecule is CC1CCN(Cc2cc(O)c3c(c2N(C)C)C[C@H]2C[C@H]4[C@H](N(C)C)C(O)=C(C(N)=O)C5=C(O)O[C@@]54C(=O)C2=C3O)CC1. The van der Waals surface area contributed by atoms with E-state index in [0.717, 1.165) is 42.7 Å². The van der Waals surface area contributed by atoms with Gasteiger partial charge in [0, 0.05) is 37.8 Å². The van der Waals surface area contributed by atoms with Crippen molar-refractivity contribution in [2.75, 3.05) is 46.2 Å². The Kier molecular flexibility index (Phi) is 6.54. The van der Waals surface area contributed by atoms with Gasteiger partial charge in [0.2, 0.25) is 11.4 Å². The second-order valence-electron chi connectivity index (χ2n) is 13.0. The lowest BCUT2D eigenvalue weighted by Crippen LogP contribution is -2.68. The Labute approximate surface area is 245 Å². The number of phenols is 1. The molecular weight excluding hydrogens is 540 g/mol. The van der Waals surface area contributed by atoms with E-state index in [2.05, 4.69) is 11.8 Å². The standard InChI is InChI=1S/C31H40N4O7/c1-14-6-8-35(9-7-14)13-16-12-19(36)21-17(24(16)33(2)3)10-15-11-18-25(34(4)5)27(38)22(29(32)40)23-30(41)42-31(18,23)28(39)20(15)26(21)37/h12,14-15,18,25,36-38,41H,6-11,13H2,1-5H3,(H2,32,40)/t15-,18-,25-,31+/m0/s1. The van der Waals surface area contributed by atoms with Crippen LogP contribution in [0.4, 0.5) is 5.69 Å². The number of likely N-dealkylation sites (tertiary alicyclic amines) is 1. The number of carbonyl (C=O) groups excluding carboxylic acids is 2. The number of anilines is 1. The maximum atomic E-state index is 14.4. The zero-order valence-corrected chi connectivity index (χ0v) is 24.8. The van der Waals surface area contributed by atoms with Gasteiger partial charge in [0.05, 0.1) is 17.2 Å². The van der Waals surface area contributed by atoms with Crippen LogP contribution in [0, 0.1) is 17.8 Å². The van der Waals surface area contributed by atoms with Gasteiger partial charge in [-0.3, -0.25) is 19.4 Å². The van der Waals surface area contributed by atoms with E-state index in [-0.39, 0.29) is 39.6 Å². The molecule has 11 nitrogen and oxygen atoms in total. The van der Waals surface area contributed by atoms with Crippen molar-refractivity contribution < 1.29 is 34.8 Å². The summed E-state index contributed by atoms with van der Waals surface area (Å²) in [6.45, 7) is 4.87. The maximum absolute atomic E-state index is 14.4. The number of amides is 1. The highest BCUT2D eigenvalue weighted by Crippen LogP contribution is 2.61. The van der Waals surface area contributed by atoms with E-state index in [4.69, 9.17) is 10.5 Å². The molecule has 4 atom stereocenters. The summed E-state index contributed by atoms with van der Waals surface area (Å²) in [6.07, 6.45) is 2.92. The van der Waals surface area contributed by atoms with Gasteiger partial charge in [0.25, 0.3) is 11.9 Å². The maximum Gasteiger partial charge on any atom is 0.286 e. The van der Waals surface area contributed by atoms with Crippen LogP contribution in [0.1, 0.15) is 42.9 Å². The largest absolute Gasteiger partial charge is 0.510 e. The third kappa shape index (κ3) is 3.79. The number of ether oxygens (including phenoxy) is 1. The summed E-state index contributed by atoms with van der Waals surface area (Å²) in [4.78, 5) is 33.0. The third-order valence-corrected chi connectivity index (χ3v) is 9.98. The van der Waals surface area contributed by atoms with Gasteiger partial charge in [-0.05, 0) is 81.9 Å². The fraction of sp³-hybridized carbons (Fsp3) is 0.548. The summed E-state index contributed by atoms with van der Waals surface area (Å²) in [7, 11) is 7.32. The number of phenolic OH excluding ortho intramolecular Hbond substituents is 1. The second kappa shape index (κ2) is 9.67. The molecule has 0 bridgehead atoms. The van der Waals surface area contributed by atoms with E-state index in [9.17, 15) is 30.0 Å². The van der Waals surface area contributed by atoms with Crippen LogP contribution in [0.3, 0.4) is 0 Å². The van der Waals surface area contributed by atoms with Crippen LogP contribution in [-0.4, -0.2) is 94.8 Å². The minimum Gasteiger partial charge on any atom is -0.510 e. The monoisotopic (exact) mass is 580 g/mol. The quantitative estimate of drug-likeness (QED) is 0.350. The molecule has 2 fully saturated rings. The summed E-state index contributed by atoms with van der Waals surface area (Å²) < 4.78 is 5.73. The smallest absolute Gasteiger partial charge is 0.286 e. The molecule has 1 saturated carbocycles. The molecule has 6 rings (SSSR count). The number of hydrogen-bond donors (Lipinski definition) is 5. The molecule has 1 aromatic carbocycles. The minimum atomic E-state index is -1.79. The molecule has 11 heteroatoms. The Morgan fingerprint density at radius 3 is 2.38 bits per heavy atom. The number of nitrogens with zero attached hydrogens (tertiary/aromatic N) is 3. The van der Waals surface area contributed by atoms with Gasteiger partial charge in [0.1, 0.15) is 22.8 Å². The van der Waals surface area contributed by atoms with E-state index in [1.807, 2.05) is 19.0 Å². The summed E-state index contributed by atoms with van der Waals surface area (Å²) >= 11 is 0. The van der Waals surface area contributed by atoms with Crippen molar-refractivity contribution in [2.24, 2.45) is 23.5 Å². The number of aliphatic hydroxyl groups is 3. The number of fused-ring (bicyclic) bond motifs is 2. The number of aliphatic hydroxyl groups excluding tert-OH is 3. The van der Waals surface area contributed by atoms with E-state index >= 15 is 0 Å². The zero-order valence-electron chi connectivity index (χ0n) is 24.8. The van der Waals surface area contributed by atoms with E-state index in [0.29, 0.717) is 25.3 Å². The number of carbonyl (C=O) groups is 2. The molecule has 0 radical (unpaired) electrons. The number of primary amides is 1. The van der Waals surface area contributed by atoms with Crippen molar-refractivity contribution in [2.45, 2.75) is 50.8 Å². The van der Waals surface area contributed by atoms with Crippen LogP contribution in [0.15, 0.2) is 34.5 Å². The Morgan fingerprint density at radius 2 is 1.81 bits per heavy atom. The Bertz CT molecular complexity index is 1480. The van der Waals surface area contributed by atoms with Crippen LogP contribution in [0.25, 0.3) is 5.76 Å². The van der Waals surface area contributed by atoms with Gasteiger partial charge in [0.15, 0.2) is 0 Å². The molecule has 1 saturated heterocycles. The van der Waals surface area contributed by atoms with Crippen molar-refractivity contribution in [1.29, 1.82) is 0 Å². The molecule has 1 spiro atoms. The average Bonchev–Trinajstić information content (AvgIpc) is 2.89. The average molecular weight is 581 g/mol. The molecule has 1 aromatic rings. The first-order valence-corrected chi connectivity index (χ1v) is 14.6. The molecule has 5 aliphatic rings. The van der Waals surface area contributed by atoms with Crippen LogP contribution in [0.5, 0.6) is 5.75 Å². The Hall–Kier alpha value is -3.70. The highest BCUT2D eigenvalue weighted by Gasteiger charge is 2.70. The molecule has 2 heterocycles. The van der Waals surface area contributed by atoms with Crippen LogP contribution >= 0.6 is 0 Å². The van der Waals surface area contributed by atoms with E-state index in [1.54, 1.807) is 25.1 Å². The predicted molar refractivity (Wildman–Crippen MR) is 156 cm³/mol. The fourth-order valence-electron chi connectivity index (χ4n) is 8.14. The van der Waals surface area contributed by atoms with Crippen molar-refractivity contribution in [3.63, 3.8) is 0 Å². The second-order valence-corrected chi connectivity index (χ2v) is 13.0. The number of aromatic hydroxyl groups is 1. The van der Waals surface area contributed by atoms with Crippen LogP contribution < -0.4 is 10.6 Å². The van der Waals surface area contributed by atoms with Gasteiger partial charge in [-0.25, -0.2) is 0 Å². The van der Waals surface area contributed by atoms with Crippen LogP contribution in [-0.2, 0) is 27.3 Å². The predicted octanol–water partition coefficient (Wildman–Crippen LogP) is 2.50. The number of Topliss-reactive ketones (excluding diaryl/α,β-unsaturated/α-hetero) is 1. The van der Waals surface area contributed by atoms with Crippen molar-refractivity contribution in [3.8, 4) is 5.75 Å². The third-order valence-electron chi connectivity index (χ3n) is 9.98. The summed E-state index contributed by atoms with van der Waals surface area (Å²) in [6, 6.07) is 0.886. The molecule has 3 aliphatic carbocycles. The molecule has 6 N–H and O–H groups in total. The van der Waals surface area contributed by atoms with Crippen molar-refractivity contribution >= 4 is 23.1 Å². The summed E-state index contributed by atoms with van der Waals surface area (Å²) in [5, 5.41) is 44.7. The first kappa shape index (κ1) is 28.4. The Balaban J connectivity index is 1.49. The number of hydrogen-bond acceptors (Lipinski definition) is 10. The van der Waals surface area contributed by atoms with Gasteiger partial charge in [-0.1, -0.05) is 6.92 Å². The fourth-order valence-corrected chi connectivity index (χ4v) is 8.14. The highest BCUT2D eigenvalue weighted by atomic mass is 16.6. The van der Waals surface area contributed by atoms with E-state index in [1.165, 1.54) is 0 Å². The molecular formula is C31H40N4O7. The lowest BCUT2D eigenvalue weighted by Gasteiger charge is -2.57. The number of likely N-dealkylation sites (N-methyl/N-ethyl adjacent to an activating group) is 1. The van der Waals surface area contributed by atoms with E-state index < -0.39 is 41.1 Å². The Morgan fingerprint density at radius 1 is 1.14 bits per heavy atom. The molecule has 1 amide bonds. The van der Waals surface area contributed by atoms with Gasteiger partial charge < -0.3 is 35.8 Å². The summed E-state index contributed by atoms with van der Waals surface area (Å²) in [5.41, 5.74) is 6.26. The molecule has 0 unspecified atom stereocenters. The lowest BCUT2D eigenvalue weighted by atomic mass is 9.54. The number of benzene rings is 1. The number of ketones is 1. The first-order chi connectivity index (χ1) is 19.8. The molecule has 42 heavy (non-hydrogen) atoms. The summed E-state index contributed by atoms with van der Waals surface area (Å²) in [5.74, 6) is -3.43. The topological polar surface area (TPSA) is 160 Å². The van der Waals surface area contributed by atoms with Crippen molar-refractivity contribution in [3.05, 3.63) is 51.2 Å². The zero-order chi connectivity index (χ0) is 30.4. The first-order valence-electron chi connectivity index (χ1n) is 14.6. The normalized spacial score (nSPS) is 29.5. The molecule has 2 aliphatic heterocycles. The molecule has 226 valence electrons. The minimum absolute atomic E-state index is 0.0873. The van der Waals surface area contributed by atoms with Gasteiger partial charge in [-0.15, -0.1) is 0 Å². The number of rotatable bonds is 5. The number of nitrogens with two attached hydrogens (primary N) is 1. The van der Waals surface area contributed by atoms with Gasteiger partial charge >= 0.3 is 0 Å². The number of piperidine rings is 1.